The van der Waals surface area contributed by atoms with Crippen LogP contribution in [0.25, 0.3) is 0 Å². The van der Waals surface area contributed by atoms with Gasteiger partial charge in [-0.15, -0.1) is 0 Å². The van der Waals surface area contributed by atoms with Crippen molar-refractivity contribution < 1.29 is 4.39 Å². The summed E-state index contributed by atoms with van der Waals surface area (Å²) in [6, 6.07) is 3.59. The van der Waals surface area contributed by atoms with Crippen LogP contribution < -0.4 is 5.32 Å². The Kier molecular flexibility index (Phi) is 2.26. The van der Waals surface area contributed by atoms with Crippen molar-refractivity contribution in [3.63, 3.8) is 0 Å². The molecule has 0 radical (unpaired) electrons. The molecule has 2 rings (SSSR count). The van der Waals surface area contributed by atoms with Crippen molar-refractivity contribution in [2.24, 2.45) is 0 Å². The van der Waals surface area contributed by atoms with Crippen molar-refractivity contribution in [2.75, 3.05) is 6.54 Å². The molecule has 0 amide bonds. The Morgan fingerprint density at radius 2 is 2.23 bits per heavy atom. The first kappa shape index (κ1) is 8.97. The van der Waals surface area contributed by atoms with Crippen LogP contribution in [0.5, 0.6) is 0 Å². The van der Waals surface area contributed by atoms with Gasteiger partial charge >= 0.3 is 0 Å². The molecule has 1 nitrogen and oxygen atoms in total. The second kappa shape index (κ2) is 3.28. The highest BCUT2D eigenvalue weighted by Crippen LogP contribution is 2.32. The molecule has 0 aromatic heterocycles. The van der Waals surface area contributed by atoms with Crippen LogP contribution in [0.1, 0.15) is 23.6 Å². The van der Waals surface area contributed by atoms with E-state index in [1.165, 1.54) is 0 Å². The van der Waals surface area contributed by atoms with Crippen molar-refractivity contribution >= 4 is 11.6 Å². The van der Waals surface area contributed by atoms with Crippen LogP contribution in [-0.4, -0.2) is 6.54 Å². The summed E-state index contributed by atoms with van der Waals surface area (Å²) in [6.07, 6.45) is 0.972. The molecule has 0 aliphatic carbocycles. The highest BCUT2D eigenvalue weighted by atomic mass is 35.5. The summed E-state index contributed by atoms with van der Waals surface area (Å²) in [7, 11) is 0. The zero-order chi connectivity index (χ0) is 9.42. The molecule has 1 fully saturated rings. The molecule has 1 unspecified atom stereocenters. The Balaban J connectivity index is 2.46. The van der Waals surface area contributed by atoms with Gasteiger partial charge < -0.3 is 5.32 Å². The second-order valence-corrected chi connectivity index (χ2v) is 3.79. The Labute approximate surface area is 81.9 Å². The molecule has 1 aromatic carbocycles. The van der Waals surface area contributed by atoms with E-state index in [4.69, 9.17) is 11.6 Å². The van der Waals surface area contributed by atoms with Crippen LogP contribution >= 0.6 is 11.6 Å². The topological polar surface area (TPSA) is 12.0 Å². The summed E-state index contributed by atoms with van der Waals surface area (Å²) in [5, 5.41) is 3.67. The summed E-state index contributed by atoms with van der Waals surface area (Å²) < 4.78 is 13.6. The van der Waals surface area contributed by atoms with Crippen LogP contribution in [-0.2, 0) is 0 Å². The lowest BCUT2D eigenvalue weighted by Crippen LogP contribution is -2.35. The van der Waals surface area contributed by atoms with Crippen LogP contribution in [0, 0.1) is 12.7 Å². The van der Waals surface area contributed by atoms with Gasteiger partial charge in [0.05, 0.1) is 0 Å². The molecule has 1 saturated heterocycles. The summed E-state index contributed by atoms with van der Waals surface area (Å²) in [4.78, 5) is 0. The standard InChI is InChI=1S/C10H11ClFN/c1-6-2-3-7(11)9(10(6)12)8-4-5-13-8/h2-3,8,13H,4-5H2,1H3. The second-order valence-electron chi connectivity index (χ2n) is 3.39. The summed E-state index contributed by atoms with van der Waals surface area (Å²) in [5.41, 5.74) is 1.29. The number of aryl methyl sites for hydroxylation is 1. The van der Waals surface area contributed by atoms with Gasteiger partial charge in [-0.05, 0) is 31.5 Å². The quantitative estimate of drug-likeness (QED) is 0.734. The number of halogens is 2. The molecule has 1 aliphatic heterocycles. The molecule has 0 saturated carbocycles. The Morgan fingerprint density at radius 1 is 1.54 bits per heavy atom. The van der Waals surface area contributed by atoms with Gasteiger partial charge in [-0.2, -0.15) is 0 Å². The first-order valence-corrected chi connectivity index (χ1v) is 4.76. The lowest BCUT2D eigenvalue weighted by atomic mass is 9.96. The van der Waals surface area contributed by atoms with Gasteiger partial charge in [0, 0.05) is 16.6 Å². The first-order valence-electron chi connectivity index (χ1n) is 4.38. The van der Waals surface area contributed by atoms with Crippen molar-refractivity contribution in [3.05, 3.63) is 34.1 Å². The van der Waals surface area contributed by atoms with Crippen LogP contribution in [0.4, 0.5) is 4.39 Å². The lowest BCUT2D eigenvalue weighted by Gasteiger charge is -2.29. The first-order chi connectivity index (χ1) is 6.20. The van der Waals surface area contributed by atoms with Crippen molar-refractivity contribution in [1.82, 2.24) is 5.32 Å². The average molecular weight is 200 g/mol. The molecule has 13 heavy (non-hydrogen) atoms. The van der Waals surface area contributed by atoms with Crippen LogP contribution in [0.2, 0.25) is 5.02 Å². The van der Waals surface area contributed by atoms with E-state index in [-0.39, 0.29) is 11.9 Å². The minimum Gasteiger partial charge on any atom is -0.310 e. The smallest absolute Gasteiger partial charge is 0.132 e. The van der Waals surface area contributed by atoms with Crippen LogP contribution in [0.3, 0.4) is 0 Å². The van der Waals surface area contributed by atoms with Crippen molar-refractivity contribution in [2.45, 2.75) is 19.4 Å². The van der Waals surface area contributed by atoms with Gasteiger partial charge in [0.25, 0.3) is 0 Å². The van der Waals surface area contributed by atoms with E-state index in [0.717, 1.165) is 13.0 Å². The zero-order valence-corrected chi connectivity index (χ0v) is 8.16. The Hall–Kier alpha value is -0.600. The normalized spacial score (nSPS) is 21.3. The van der Waals surface area contributed by atoms with E-state index in [0.29, 0.717) is 16.1 Å². The third-order valence-electron chi connectivity index (χ3n) is 2.49. The van der Waals surface area contributed by atoms with Gasteiger partial charge in [-0.1, -0.05) is 17.7 Å². The SMILES string of the molecule is Cc1ccc(Cl)c(C2CCN2)c1F. The highest BCUT2D eigenvalue weighted by Gasteiger charge is 2.24. The largest absolute Gasteiger partial charge is 0.310 e. The van der Waals surface area contributed by atoms with E-state index >= 15 is 0 Å². The molecule has 1 N–H and O–H groups in total. The molecule has 1 atom stereocenters. The molecular weight excluding hydrogens is 189 g/mol. The molecule has 70 valence electrons. The molecular formula is C10H11ClFN. The molecule has 3 heteroatoms. The number of nitrogens with one attached hydrogen (secondary N) is 1. The van der Waals surface area contributed by atoms with Crippen LogP contribution in [0.15, 0.2) is 12.1 Å². The monoisotopic (exact) mass is 199 g/mol. The number of hydrogen-bond donors (Lipinski definition) is 1. The minimum atomic E-state index is -0.162. The number of benzene rings is 1. The fraction of sp³-hybridized carbons (Fsp3) is 0.400. The van der Waals surface area contributed by atoms with E-state index in [9.17, 15) is 4.39 Å². The average Bonchev–Trinajstić information content (AvgIpc) is 2.02. The number of rotatable bonds is 1. The van der Waals surface area contributed by atoms with E-state index in [1.54, 1.807) is 19.1 Å². The third-order valence-corrected chi connectivity index (χ3v) is 2.82. The maximum absolute atomic E-state index is 13.6. The maximum Gasteiger partial charge on any atom is 0.132 e. The zero-order valence-electron chi connectivity index (χ0n) is 7.40. The molecule has 1 aromatic rings. The summed E-state index contributed by atoms with van der Waals surface area (Å²) >= 11 is 5.93. The lowest BCUT2D eigenvalue weighted by molar-refractivity contribution is 0.370. The number of hydrogen-bond acceptors (Lipinski definition) is 1. The summed E-state index contributed by atoms with van der Waals surface area (Å²) in [6.45, 7) is 2.71. The predicted octanol–water partition coefficient (Wildman–Crippen LogP) is 2.82. The van der Waals surface area contributed by atoms with E-state index in [1.807, 2.05) is 0 Å². The van der Waals surface area contributed by atoms with Gasteiger partial charge in [0.15, 0.2) is 0 Å². The van der Waals surface area contributed by atoms with Crippen molar-refractivity contribution in [3.8, 4) is 0 Å². The van der Waals surface area contributed by atoms with Gasteiger partial charge in [-0.25, -0.2) is 4.39 Å². The van der Waals surface area contributed by atoms with E-state index in [2.05, 4.69) is 5.32 Å². The molecule has 0 bridgehead atoms. The molecule has 1 heterocycles. The highest BCUT2D eigenvalue weighted by molar-refractivity contribution is 6.31. The van der Waals surface area contributed by atoms with E-state index < -0.39 is 0 Å². The fourth-order valence-corrected chi connectivity index (χ4v) is 1.81. The van der Waals surface area contributed by atoms with Gasteiger partial charge in [0.1, 0.15) is 5.82 Å². The molecule has 0 spiro atoms. The molecule has 1 aliphatic rings. The minimum absolute atomic E-state index is 0.118. The van der Waals surface area contributed by atoms with Gasteiger partial charge in [0.2, 0.25) is 0 Å². The predicted molar refractivity (Wildman–Crippen MR) is 51.5 cm³/mol. The Bertz CT molecular complexity index is 334. The Morgan fingerprint density at radius 3 is 2.77 bits per heavy atom. The third kappa shape index (κ3) is 1.45. The van der Waals surface area contributed by atoms with Gasteiger partial charge in [-0.3, -0.25) is 0 Å². The van der Waals surface area contributed by atoms with Crippen molar-refractivity contribution in [1.29, 1.82) is 0 Å². The fourth-order valence-electron chi connectivity index (χ4n) is 1.53. The maximum atomic E-state index is 13.6. The summed E-state index contributed by atoms with van der Waals surface area (Å²) in [5.74, 6) is -0.162.